The number of nitrogens with zero attached hydrogens (tertiary/aromatic N) is 1. The minimum Gasteiger partial charge on any atom is -0.396 e. The summed E-state index contributed by atoms with van der Waals surface area (Å²) in [5.41, 5.74) is 4.21. The van der Waals surface area contributed by atoms with Gasteiger partial charge in [0, 0.05) is 17.6 Å². The number of halogens is 1. The molecule has 208 valence electrons. The fraction of sp³-hybridized carbons (Fsp3) is 0.677. The number of anilines is 1. The third-order valence-corrected chi connectivity index (χ3v) is 8.21. The summed E-state index contributed by atoms with van der Waals surface area (Å²) in [6.45, 7) is 13.5. The van der Waals surface area contributed by atoms with Crippen LogP contribution in [0, 0.1) is 24.7 Å². The zero-order chi connectivity index (χ0) is 27.4. The molecule has 0 spiro atoms. The van der Waals surface area contributed by atoms with Crippen molar-refractivity contribution in [1.29, 1.82) is 0 Å². The Labute approximate surface area is 229 Å². The Morgan fingerprint density at radius 3 is 2.43 bits per heavy atom. The summed E-state index contributed by atoms with van der Waals surface area (Å²) >= 11 is 5.87. The molecule has 1 aromatic heterocycles. The predicted octanol–water partition coefficient (Wildman–Crippen LogP) is 8.29. The van der Waals surface area contributed by atoms with Gasteiger partial charge in [0.1, 0.15) is 5.76 Å². The number of nitrogens with one attached hydrogen (secondary N) is 1. The van der Waals surface area contributed by atoms with Crippen molar-refractivity contribution in [2.24, 2.45) is 17.8 Å². The van der Waals surface area contributed by atoms with Crippen molar-refractivity contribution in [3.8, 4) is 0 Å². The molecule has 2 aromatic rings. The molecule has 1 heterocycles. The van der Waals surface area contributed by atoms with Crippen molar-refractivity contribution in [2.75, 3.05) is 11.9 Å². The molecule has 2 saturated carbocycles. The van der Waals surface area contributed by atoms with Gasteiger partial charge in [0.05, 0.1) is 16.4 Å². The van der Waals surface area contributed by atoms with E-state index in [1.807, 2.05) is 12.1 Å². The Kier molecular flexibility index (Phi) is 13.2. The number of carbonyl (C=O) groups excluding carboxylic acids is 1. The van der Waals surface area contributed by atoms with Gasteiger partial charge in [-0.1, -0.05) is 83.1 Å². The average molecular weight is 533 g/mol. The van der Waals surface area contributed by atoms with E-state index in [4.69, 9.17) is 16.1 Å². The monoisotopic (exact) mass is 532 g/mol. The number of aromatic nitrogens is 1. The van der Waals surface area contributed by atoms with E-state index in [0.29, 0.717) is 17.1 Å². The smallest absolute Gasteiger partial charge is 0.211 e. The summed E-state index contributed by atoms with van der Waals surface area (Å²) in [6.07, 6.45) is 12.3. The van der Waals surface area contributed by atoms with Crippen LogP contribution in [0.3, 0.4) is 0 Å². The number of aliphatic hydroxyl groups is 1. The van der Waals surface area contributed by atoms with E-state index in [1.54, 1.807) is 6.07 Å². The number of hydrogen-bond donors (Lipinski definition) is 2. The molecule has 0 aliphatic heterocycles. The highest BCUT2D eigenvalue weighted by Crippen LogP contribution is 2.53. The van der Waals surface area contributed by atoms with Gasteiger partial charge >= 0.3 is 0 Å². The molecule has 2 N–H and O–H groups in total. The van der Waals surface area contributed by atoms with Crippen LogP contribution in [0.5, 0.6) is 0 Å². The fourth-order valence-corrected chi connectivity index (χ4v) is 5.38. The number of rotatable bonds is 11. The second kappa shape index (κ2) is 15.5. The molecule has 1 aromatic carbocycles. The lowest BCUT2D eigenvalue weighted by atomic mass is 9.56. The van der Waals surface area contributed by atoms with Crippen LogP contribution < -0.4 is 5.32 Å². The van der Waals surface area contributed by atoms with E-state index in [1.165, 1.54) is 31.2 Å². The average Bonchev–Trinajstić information content (AvgIpc) is 3.57. The van der Waals surface area contributed by atoms with E-state index in [-0.39, 0.29) is 12.0 Å². The third-order valence-electron chi connectivity index (χ3n) is 7.89. The predicted molar refractivity (Wildman–Crippen MR) is 154 cm³/mol. The lowest BCUT2D eigenvalue weighted by molar-refractivity contribution is -0.105. The van der Waals surface area contributed by atoms with Gasteiger partial charge in [-0.2, -0.15) is 0 Å². The highest BCUT2D eigenvalue weighted by Gasteiger charge is 2.48. The number of aliphatic hydroxyl groups excluding tert-OH is 1. The van der Waals surface area contributed by atoms with Gasteiger partial charge in [-0.3, -0.25) is 4.79 Å². The van der Waals surface area contributed by atoms with Crippen LogP contribution in [-0.2, 0) is 23.1 Å². The van der Waals surface area contributed by atoms with E-state index in [9.17, 15) is 9.90 Å². The molecule has 37 heavy (non-hydrogen) atoms. The van der Waals surface area contributed by atoms with Crippen LogP contribution in [0.4, 0.5) is 5.69 Å². The summed E-state index contributed by atoms with van der Waals surface area (Å²) < 4.78 is 5.73. The normalized spacial score (nSPS) is 21.0. The number of amides is 1. The Morgan fingerprint density at radius 2 is 1.95 bits per heavy atom. The quantitative estimate of drug-likeness (QED) is 0.285. The fourth-order valence-electron chi connectivity index (χ4n) is 5.12. The first-order valence-corrected chi connectivity index (χ1v) is 14.7. The standard InChI is InChI=1S/C18H31NO2.C9H10ClNO.C4H8/c1-5-7-16-14(4)17(21-19-16)18(8-9-20)11-15(12-18)10-13(3)6-2;1-2-7-3-4-9(11-6-12)8(10)5-7;1-4-2-3-4/h13,15,20H,5-12H2,1-4H3;3-6H,2H2,1H3,(H,11,12);4H,2-3H2,1H3. The number of benzene rings is 1. The molecule has 6 heteroatoms. The van der Waals surface area contributed by atoms with E-state index in [2.05, 4.69) is 52.0 Å². The maximum absolute atomic E-state index is 10.1. The summed E-state index contributed by atoms with van der Waals surface area (Å²) in [5, 5.41) is 16.9. The molecular formula is C31H49ClN2O3. The van der Waals surface area contributed by atoms with Gasteiger partial charge < -0.3 is 14.9 Å². The SMILES string of the molecule is CC1CC1.CCCc1noc(C2(CCO)CC(CC(C)CC)C2)c1C.CCc1ccc(NC=O)c(Cl)c1. The summed E-state index contributed by atoms with van der Waals surface area (Å²) in [6, 6.07) is 5.60. The second-order valence-electron chi connectivity index (χ2n) is 11.2. The van der Waals surface area contributed by atoms with E-state index >= 15 is 0 Å². The molecule has 2 aliphatic rings. The summed E-state index contributed by atoms with van der Waals surface area (Å²) in [5.74, 6) is 3.72. The van der Waals surface area contributed by atoms with Gasteiger partial charge in [-0.05, 0) is 80.9 Å². The van der Waals surface area contributed by atoms with Gasteiger partial charge in [0.15, 0.2) is 0 Å². The molecule has 4 rings (SSSR count). The summed E-state index contributed by atoms with van der Waals surface area (Å²) in [4.78, 5) is 10.1. The lowest BCUT2D eigenvalue weighted by Crippen LogP contribution is -2.42. The molecule has 1 unspecified atom stereocenters. The largest absolute Gasteiger partial charge is 0.396 e. The van der Waals surface area contributed by atoms with Crippen molar-refractivity contribution in [1.82, 2.24) is 5.16 Å². The Morgan fingerprint density at radius 1 is 1.27 bits per heavy atom. The lowest BCUT2D eigenvalue weighted by Gasteiger charge is -2.47. The first-order chi connectivity index (χ1) is 17.7. The highest BCUT2D eigenvalue weighted by atomic mass is 35.5. The van der Waals surface area contributed by atoms with Gasteiger partial charge in [0.25, 0.3) is 0 Å². The molecule has 0 bridgehead atoms. The molecule has 0 radical (unpaired) electrons. The van der Waals surface area contributed by atoms with Crippen LogP contribution in [0.25, 0.3) is 0 Å². The number of aryl methyl sites for hydroxylation is 2. The van der Waals surface area contributed by atoms with Gasteiger partial charge in [0.2, 0.25) is 6.41 Å². The van der Waals surface area contributed by atoms with Crippen molar-refractivity contribution < 1.29 is 14.4 Å². The van der Waals surface area contributed by atoms with Crippen molar-refractivity contribution >= 4 is 23.7 Å². The van der Waals surface area contributed by atoms with E-state index < -0.39 is 0 Å². The Balaban J connectivity index is 0.000000250. The Hall–Kier alpha value is -1.85. The zero-order valence-corrected chi connectivity index (χ0v) is 24.7. The van der Waals surface area contributed by atoms with Crippen LogP contribution in [0.1, 0.15) is 109 Å². The topological polar surface area (TPSA) is 75.4 Å². The molecule has 5 nitrogen and oxygen atoms in total. The minimum absolute atomic E-state index is 0.0515. The number of hydrogen-bond acceptors (Lipinski definition) is 4. The minimum atomic E-state index is 0.0515. The highest BCUT2D eigenvalue weighted by molar-refractivity contribution is 6.33. The van der Waals surface area contributed by atoms with Crippen LogP contribution in [0.15, 0.2) is 22.7 Å². The van der Waals surface area contributed by atoms with E-state index in [0.717, 1.165) is 73.3 Å². The maximum Gasteiger partial charge on any atom is 0.211 e. The molecule has 2 aliphatic carbocycles. The maximum atomic E-state index is 10.1. The molecular weight excluding hydrogens is 484 g/mol. The summed E-state index contributed by atoms with van der Waals surface area (Å²) in [7, 11) is 0. The molecule has 1 amide bonds. The first-order valence-electron chi connectivity index (χ1n) is 14.3. The van der Waals surface area contributed by atoms with Gasteiger partial charge in [-0.25, -0.2) is 0 Å². The van der Waals surface area contributed by atoms with Crippen molar-refractivity contribution in [2.45, 2.75) is 111 Å². The van der Waals surface area contributed by atoms with Crippen LogP contribution in [-0.4, -0.2) is 23.3 Å². The molecule has 1 atom stereocenters. The van der Waals surface area contributed by atoms with Crippen LogP contribution >= 0.6 is 11.6 Å². The third kappa shape index (κ3) is 9.44. The zero-order valence-electron chi connectivity index (χ0n) is 23.9. The van der Waals surface area contributed by atoms with Crippen LogP contribution in [0.2, 0.25) is 5.02 Å². The van der Waals surface area contributed by atoms with Crippen molar-refractivity contribution in [3.05, 3.63) is 45.8 Å². The molecule has 0 saturated heterocycles. The number of carbonyl (C=O) groups is 1. The first kappa shape index (κ1) is 31.4. The Bertz CT molecular complexity index is 948. The van der Waals surface area contributed by atoms with Gasteiger partial charge in [-0.15, -0.1) is 0 Å². The molecule has 2 fully saturated rings. The van der Waals surface area contributed by atoms with Crippen molar-refractivity contribution in [3.63, 3.8) is 0 Å². The second-order valence-corrected chi connectivity index (χ2v) is 11.6.